The molecule has 3 rings (SSSR count). The van der Waals surface area contributed by atoms with Crippen molar-refractivity contribution in [3.05, 3.63) is 22.4 Å². The quantitative estimate of drug-likeness (QED) is 0.889. The van der Waals surface area contributed by atoms with Crippen molar-refractivity contribution in [3.63, 3.8) is 0 Å². The monoisotopic (exact) mass is 366 g/mol. The second kappa shape index (κ2) is 6.54. The Morgan fingerprint density at radius 3 is 2.64 bits per heavy atom. The third-order valence-electron chi connectivity index (χ3n) is 5.06. The molecule has 1 amide bonds. The minimum Gasteiger partial charge on any atom is -0.369 e. The van der Waals surface area contributed by atoms with Gasteiger partial charge in [0.05, 0.1) is 5.69 Å². The number of nitrogens with zero attached hydrogens (tertiary/aromatic N) is 3. The number of pyridine rings is 1. The summed E-state index contributed by atoms with van der Waals surface area (Å²) in [6, 6.07) is 1.96. The molecular formula is C16H23BrN4O. The first-order chi connectivity index (χ1) is 10.5. The Morgan fingerprint density at radius 1 is 1.27 bits per heavy atom. The summed E-state index contributed by atoms with van der Waals surface area (Å²) >= 11 is 3.44. The van der Waals surface area contributed by atoms with Crippen molar-refractivity contribution in [2.24, 2.45) is 17.6 Å². The highest BCUT2D eigenvalue weighted by molar-refractivity contribution is 9.10. The second-order valence-corrected chi connectivity index (χ2v) is 7.44. The van der Waals surface area contributed by atoms with E-state index in [-0.39, 0.29) is 0 Å². The van der Waals surface area contributed by atoms with Crippen molar-refractivity contribution in [2.45, 2.75) is 19.3 Å². The van der Waals surface area contributed by atoms with Gasteiger partial charge in [0.2, 0.25) is 0 Å². The lowest BCUT2D eigenvalue weighted by molar-refractivity contribution is 0.0996. The Bertz CT molecular complexity index is 557. The minimum absolute atomic E-state index is 0.382. The predicted molar refractivity (Wildman–Crippen MR) is 91.0 cm³/mol. The highest BCUT2D eigenvalue weighted by Gasteiger charge is 2.32. The fourth-order valence-electron chi connectivity index (χ4n) is 3.75. The number of likely N-dealkylation sites (tertiary alicyclic amines) is 1. The number of nitrogens with two attached hydrogens (primary N) is 1. The smallest absolute Gasteiger partial charge is 0.269 e. The lowest BCUT2D eigenvalue weighted by Crippen LogP contribution is -2.34. The first kappa shape index (κ1) is 15.7. The van der Waals surface area contributed by atoms with Crippen LogP contribution in [0.3, 0.4) is 0 Å². The maximum absolute atomic E-state index is 11.6. The van der Waals surface area contributed by atoms with Gasteiger partial charge in [0.25, 0.3) is 5.91 Å². The molecule has 0 radical (unpaired) electrons. The molecule has 1 aromatic rings. The van der Waals surface area contributed by atoms with Crippen LogP contribution in [0, 0.1) is 11.8 Å². The first-order valence-electron chi connectivity index (χ1n) is 7.93. The minimum atomic E-state index is -0.453. The van der Waals surface area contributed by atoms with Gasteiger partial charge in [-0.2, -0.15) is 0 Å². The molecule has 0 bridgehead atoms. The molecule has 2 aliphatic rings. The second-order valence-electron chi connectivity index (χ2n) is 6.52. The van der Waals surface area contributed by atoms with Gasteiger partial charge in [0, 0.05) is 23.8 Å². The largest absolute Gasteiger partial charge is 0.369 e. The van der Waals surface area contributed by atoms with E-state index in [0.717, 1.165) is 29.2 Å². The Labute approximate surface area is 140 Å². The van der Waals surface area contributed by atoms with Crippen LogP contribution in [0.5, 0.6) is 0 Å². The molecule has 1 atom stereocenters. The molecule has 0 aliphatic carbocycles. The molecule has 120 valence electrons. The number of rotatable bonds is 3. The van der Waals surface area contributed by atoms with Gasteiger partial charge < -0.3 is 15.5 Å². The molecule has 1 aromatic heterocycles. The standard InChI is InChI=1S/C16H23BrN4O/c1-20-5-2-11(3-6-20)12-4-7-21(10-12)14-8-13(17)9-19-15(14)16(18)22/h8-9,11-12H,2-7,10H2,1H3,(H2,18,22). The van der Waals surface area contributed by atoms with Gasteiger partial charge in [0.15, 0.2) is 5.69 Å². The van der Waals surface area contributed by atoms with Crippen LogP contribution in [0.15, 0.2) is 16.7 Å². The summed E-state index contributed by atoms with van der Waals surface area (Å²) in [5, 5.41) is 0. The van der Waals surface area contributed by atoms with E-state index in [2.05, 4.69) is 37.8 Å². The summed E-state index contributed by atoms with van der Waals surface area (Å²) < 4.78 is 0.884. The number of anilines is 1. The number of hydrogen-bond acceptors (Lipinski definition) is 4. The van der Waals surface area contributed by atoms with E-state index in [4.69, 9.17) is 5.73 Å². The van der Waals surface area contributed by atoms with Crippen molar-refractivity contribution in [1.29, 1.82) is 0 Å². The van der Waals surface area contributed by atoms with Crippen molar-refractivity contribution < 1.29 is 4.79 Å². The van der Waals surface area contributed by atoms with Crippen LogP contribution in [0.1, 0.15) is 29.8 Å². The molecular weight excluding hydrogens is 344 g/mol. The molecule has 2 fully saturated rings. The number of amides is 1. The highest BCUT2D eigenvalue weighted by atomic mass is 79.9. The zero-order chi connectivity index (χ0) is 15.7. The van der Waals surface area contributed by atoms with E-state index in [1.54, 1.807) is 6.20 Å². The lowest BCUT2D eigenvalue weighted by atomic mass is 9.84. The summed E-state index contributed by atoms with van der Waals surface area (Å²) in [4.78, 5) is 20.5. The molecule has 6 heteroatoms. The van der Waals surface area contributed by atoms with Crippen LogP contribution >= 0.6 is 15.9 Å². The molecule has 2 N–H and O–H groups in total. The molecule has 0 aromatic carbocycles. The molecule has 0 saturated carbocycles. The van der Waals surface area contributed by atoms with Gasteiger partial charge in [-0.05, 0) is 73.2 Å². The Morgan fingerprint density at radius 2 is 1.95 bits per heavy atom. The van der Waals surface area contributed by atoms with Gasteiger partial charge in [-0.1, -0.05) is 0 Å². The van der Waals surface area contributed by atoms with Gasteiger partial charge in [-0.3, -0.25) is 4.79 Å². The van der Waals surface area contributed by atoms with Gasteiger partial charge in [0.1, 0.15) is 0 Å². The van der Waals surface area contributed by atoms with E-state index in [9.17, 15) is 4.79 Å². The normalized spacial score (nSPS) is 23.9. The van der Waals surface area contributed by atoms with Crippen LogP contribution in [-0.2, 0) is 0 Å². The summed E-state index contributed by atoms with van der Waals surface area (Å²) in [7, 11) is 2.20. The van der Waals surface area contributed by atoms with Crippen LogP contribution in [0.4, 0.5) is 5.69 Å². The SMILES string of the molecule is CN1CCC(C2CCN(c3cc(Br)cnc3C(N)=O)C2)CC1. The maximum atomic E-state index is 11.6. The van der Waals surface area contributed by atoms with Crippen LogP contribution < -0.4 is 10.6 Å². The number of primary amides is 1. The summed E-state index contributed by atoms with van der Waals surface area (Å²) in [5.74, 6) is 1.07. The number of carbonyl (C=O) groups is 1. The highest BCUT2D eigenvalue weighted by Crippen LogP contribution is 2.35. The van der Waals surface area contributed by atoms with Crippen molar-refractivity contribution in [1.82, 2.24) is 9.88 Å². The molecule has 22 heavy (non-hydrogen) atoms. The topological polar surface area (TPSA) is 62.5 Å². The maximum Gasteiger partial charge on any atom is 0.269 e. The molecule has 1 unspecified atom stereocenters. The third-order valence-corrected chi connectivity index (χ3v) is 5.50. The predicted octanol–water partition coefficient (Wildman–Crippen LogP) is 2.11. The Hall–Kier alpha value is -1.14. The number of hydrogen-bond donors (Lipinski definition) is 1. The van der Waals surface area contributed by atoms with Crippen molar-refractivity contribution >= 4 is 27.5 Å². The zero-order valence-corrected chi connectivity index (χ0v) is 14.6. The van der Waals surface area contributed by atoms with E-state index in [1.165, 1.54) is 32.4 Å². The lowest BCUT2D eigenvalue weighted by Gasteiger charge is -2.32. The molecule has 5 nitrogen and oxygen atoms in total. The Balaban J connectivity index is 1.72. The fraction of sp³-hybridized carbons (Fsp3) is 0.625. The third kappa shape index (κ3) is 3.27. The van der Waals surface area contributed by atoms with E-state index in [1.807, 2.05) is 6.07 Å². The number of carbonyl (C=O) groups excluding carboxylic acids is 1. The first-order valence-corrected chi connectivity index (χ1v) is 8.72. The fourth-order valence-corrected chi connectivity index (χ4v) is 4.07. The number of halogens is 1. The summed E-state index contributed by atoms with van der Waals surface area (Å²) in [5.41, 5.74) is 6.73. The van der Waals surface area contributed by atoms with E-state index in [0.29, 0.717) is 11.6 Å². The average Bonchev–Trinajstić information content (AvgIpc) is 2.97. The molecule has 3 heterocycles. The van der Waals surface area contributed by atoms with Crippen LogP contribution in [0.2, 0.25) is 0 Å². The summed E-state index contributed by atoms with van der Waals surface area (Å²) in [6.07, 6.45) is 5.40. The van der Waals surface area contributed by atoms with Crippen LogP contribution in [0.25, 0.3) is 0 Å². The summed E-state index contributed by atoms with van der Waals surface area (Å²) in [6.45, 7) is 4.39. The van der Waals surface area contributed by atoms with Crippen molar-refractivity contribution in [3.8, 4) is 0 Å². The van der Waals surface area contributed by atoms with E-state index < -0.39 is 5.91 Å². The molecule has 0 spiro atoms. The average molecular weight is 367 g/mol. The molecule has 2 saturated heterocycles. The van der Waals surface area contributed by atoms with Gasteiger partial charge in [-0.15, -0.1) is 0 Å². The van der Waals surface area contributed by atoms with E-state index >= 15 is 0 Å². The molecule has 2 aliphatic heterocycles. The zero-order valence-electron chi connectivity index (χ0n) is 13.0. The Kier molecular flexibility index (Phi) is 4.68. The number of aromatic nitrogens is 1. The van der Waals surface area contributed by atoms with Crippen LogP contribution in [-0.4, -0.2) is 49.0 Å². The number of piperidine rings is 1. The van der Waals surface area contributed by atoms with Gasteiger partial charge >= 0.3 is 0 Å². The van der Waals surface area contributed by atoms with Crippen molar-refractivity contribution in [2.75, 3.05) is 38.1 Å². The van der Waals surface area contributed by atoms with Gasteiger partial charge in [-0.25, -0.2) is 4.98 Å².